The number of hydrogen-bond acceptors (Lipinski definition) is 1. The van der Waals surface area contributed by atoms with Gasteiger partial charge in [0.1, 0.15) is 5.82 Å². The molecule has 1 aliphatic heterocycles. The van der Waals surface area contributed by atoms with Crippen LogP contribution in [0.3, 0.4) is 0 Å². The molecule has 1 saturated heterocycles. The molecule has 88 valence electrons. The lowest BCUT2D eigenvalue weighted by Crippen LogP contribution is -2.37. The summed E-state index contributed by atoms with van der Waals surface area (Å²) in [6.07, 6.45) is 4.54. The van der Waals surface area contributed by atoms with Crippen molar-refractivity contribution < 1.29 is 4.39 Å². The maximum absolute atomic E-state index is 13.4. The first-order valence-electron chi connectivity index (χ1n) is 6.19. The average Bonchev–Trinajstić information content (AvgIpc) is 2.72. The van der Waals surface area contributed by atoms with E-state index in [1.807, 2.05) is 6.07 Å². The monoisotopic (exact) mass is 221 g/mol. The minimum Gasteiger partial charge on any atom is -0.307 e. The van der Waals surface area contributed by atoms with Crippen LogP contribution in [0.4, 0.5) is 4.39 Å². The molecule has 1 aromatic rings. The number of halogens is 1. The molecule has 0 aliphatic carbocycles. The van der Waals surface area contributed by atoms with Crippen LogP contribution in [-0.2, 0) is 5.54 Å². The molecular weight excluding hydrogens is 201 g/mol. The van der Waals surface area contributed by atoms with Crippen LogP contribution in [0.5, 0.6) is 0 Å². The van der Waals surface area contributed by atoms with Crippen LogP contribution in [0.15, 0.2) is 18.2 Å². The fourth-order valence-electron chi connectivity index (χ4n) is 2.92. The summed E-state index contributed by atoms with van der Waals surface area (Å²) in [7, 11) is 0. The van der Waals surface area contributed by atoms with Gasteiger partial charge >= 0.3 is 0 Å². The van der Waals surface area contributed by atoms with Crippen molar-refractivity contribution in [2.45, 2.75) is 45.1 Å². The number of benzene rings is 1. The van der Waals surface area contributed by atoms with E-state index in [-0.39, 0.29) is 11.4 Å². The van der Waals surface area contributed by atoms with Gasteiger partial charge in [-0.1, -0.05) is 19.4 Å². The van der Waals surface area contributed by atoms with E-state index < -0.39 is 0 Å². The fraction of sp³-hybridized carbons (Fsp3) is 0.571. The summed E-state index contributed by atoms with van der Waals surface area (Å²) in [5.41, 5.74) is 2.39. The van der Waals surface area contributed by atoms with Gasteiger partial charge in [0.15, 0.2) is 0 Å². The normalized spacial score (nSPS) is 24.9. The molecule has 0 radical (unpaired) electrons. The molecule has 16 heavy (non-hydrogen) atoms. The molecule has 1 atom stereocenters. The maximum atomic E-state index is 13.4. The van der Waals surface area contributed by atoms with E-state index in [2.05, 4.69) is 19.2 Å². The third-order valence-electron chi connectivity index (χ3n) is 3.64. The second kappa shape index (κ2) is 4.54. The SMILES string of the molecule is CCCC1(c2cc(F)ccc2C)CCCN1. The van der Waals surface area contributed by atoms with Crippen molar-refractivity contribution in [2.24, 2.45) is 0 Å². The largest absolute Gasteiger partial charge is 0.307 e. The maximum Gasteiger partial charge on any atom is 0.123 e. The molecule has 1 N–H and O–H groups in total. The first-order chi connectivity index (χ1) is 7.68. The Balaban J connectivity index is 2.42. The van der Waals surface area contributed by atoms with Gasteiger partial charge in [-0.15, -0.1) is 0 Å². The summed E-state index contributed by atoms with van der Waals surface area (Å²) in [6.45, 7) is 5.32. The Morgan fingerprint density at radius 2 is 2.25 bits per heavy atom. The van der Waals surface area contributed by atoms with Gasteiger partial charge in [0.05, 0.1) is 0 Å². The van der Waals surface area contributed by atoms with E-state index in [1.54, 1.807) is 12.1 Å². The van der Waals surface area contributed by atoms with Crippen molar-refractivity contribution in [1.29, 1.82) is 0 Å². The molecule has 0 spiro atoms. The van der Waals surface area contributed by atoms with Gasteiger partial charge in [-0.2, -0.15) is 0 Å². The van der Waals surface area contributed by atoms with E-state index in [4.69, 9.17) is 0 Å². The lowest BCUT2D eigenvalue weighted by molar-refractivity contribution is 0.352. The molecule has 1 fully saturated rings. The van der Waals surface area contributed by atoms with Crippen molar-refractivity contribution in [3.63, 3.8) is 0 Å². The molecule has 2 heteroatoms. The summed E-state index contributed by atoms with van der Waals surface area (Å²) in [4.78, 5) is 0. The zero-order valence-electron chi connectivity index (χ0n) is 10.1. The van der Waals surface area contributed by atoms with Gasteiger partial charge in [-0.3, -0.25) is 0 Å². The average molecular weight is 221 g/mol. The van der Waals surface area contributed by atoms with Gasteiger partial charge in [0.2, 0.25) is 0 Å². The molecule has 0 amide bonds. The Morgan fingerprint density at radius 1 is 1.44 bits per heavy atom. The lowest BCUT2D eigenvalue weighted by atomic mass is 9.82. The Morgan fingerprint density at radius 3 is 2.88 bits per heavy atom. The highest BCUT2D eigenvalue weighted by molar-refractivity contribution is 5.34. The van der Waals surface area contributed by atoms with Crippen LogP contribution in [0, 0.1) is 12.7 Å². The summed E-state index contributed by atoms with van der Waals surface area (Å²) in [5.74, 6) is -0.121. The zero-order valence-corrected chi connectivity index (χ0v) is 10.1. The first kappa shape index (κ1) is 11.6. The minimum atomic E-state index is -0.121. The second-order valence-corrected chi connectivity index (χ2v) is 4.82. The van der Waals surface area contributed by atoms with Crippen LogP contribution < -0.4 is 5.32 Å². The molecule has 1 nitrogen and oxygen atoms in total. The quantitative estimate of drug-likeness (QED) is 0.823. The van der Waals surface area contributed by atoms with Crippen molar-refractivity contribution in [2.75, 3.05) is 6.54 Å². The highest BCUT2D eigenvalue weighted by Crippen LogP contribution is 2.37. The predicted octanol–water partition coefficient (Wildman–Crippen LogP) is 3.51. The number of aryl methyl sites for hydroxylation is 1. The van der Waals surface area contributed by atoms with E-state index in [1.165, 1.54) is 12.0 Å². The molecule has 1 aliphatic rings. The zero-order chi connectivity index (χ0) is 11.6. The Hall–Kier alpha value is -0.890. The second-order valence-electron chi connectivity index (χ2n) is 4.82. The molecular formula is C14H20FN. The van der Waals surface area contributed by atoms with E-state index in [0.717, 1.165) is 31.4 Å². The van der Waals surface area contributed by atoms with E-state index in [9.17, 15) is 4.39 Å². The third kappa shape index (κ3) is 1.99. The van der Waals surface area contributed by atoms with E-state index >= 15 is 0 Å². The van der Waals surface area contributed by atoms with Crippen LogP contribution in [0.25, 0.3) is 0 Å². The highest BCUT2D eigenvalue weighted by atomic mass is 19.1. The summed E-state index contributed by atoms with van der Waals surface area (Å²) in [5, 5.41) is 3.59. The van der Waals surface area contributed by atoms with Crippen LogP contribution in [0.1, 0.15) is 43.7 Å². The Labute approximate surface area is 97.1 Å². The van der Waals surface area contributed by atoms with Gasteiger partial charge in [-0.25, -0.2) is 4.39 Å². The number of nitrogens with one attached hydrogen (secondary N) is 1. The van der Waals surface area contributed by atoms with E-state index in [0.29, 0.717) is 0 Å². The summed E-state index contributed by atoms with van der Waals surface area (Å²) in [6, 6.07) is 5.15. The van der Waals surface area contributed by atoms with Crippen LogP contribution in [0.2, 0.25) is 0 Å². The molecule has 1 heterocycles. The summed E-state index contributed by atoms with van der Waals surface area (Å²) < 4.78 is 13.4. The minimum absolute atomic E-state index is 0.0287. The summed E-state index contributed by atoms with van der Waals surface area (Å²) >= 11 is 0. The standard InChI is InChI=1S/C14H20FN/c1-3-7-14(8-4-9-16-14)13-10-12(15)6-5-11(13)2/h5-6,10,16H,3-4,7-9H2,1-2H3. The van der Waals surface area contributed by atoms with Gasteiger partial charge in [-0.05, 0) is 56.0 Å². The fourth-order valence-corrected chi connectivity index (χ4v) is 2.92. The van der Waals surface area contributed by atoms with Gasteiger partial charge < -0.3 is 5.32 Å². The molecule has 2 rings (SSSR count). The number of hydrogen-bond donors (Lipinski definition) is 1. The lowest BCUT2D eigenvalue weighted by Gasteiger charge is -2.31. The number of rotatable bonds is 3. The van der Waals surface area contributed by atoms with Crippen LogP contribution >= 0.6 is 0 Å². The van der Waals surface area contributed by atoms with Crippen molar-refractivity contribution in [1.82, 2.24) is 5.32 Å². The molecule has 1 unspecified atom stereocenters. The Bertz CT molecular complexity index is 367. The molecule has 0 aromatic heterocycles. The van der Waals surface area contributed by atoms with Crippen molar-refractivity contribution in [3.05, 3.63) is 35.1 Å². The van der Waals surface area contributed by atoms with Crippen LogP contribution in [-0.4, -0.2) is 6.54 Å². The smallest absolute Gasteiger partial charge is 0.123 e. The highest BCUT2D eigenvalue weighted by Gasteiger charge is 2.35. The molecule has 1 aromatic carbocycles. The Kier molecular flexibility index (Phi) is 3.29. The van der Waals surface area contributed by atoms with Gasteiger partial charge in [0.25, 0.3) is 0 Å². The first-order valence-corrected chi connectivity index (χ1v) is 6.19. The third-order valence-corrected chi connectivity index (χ3v) is 3.64. The predicted molar refractivity (Wildman–Crippen MR) is 65.0 cm³/mol. The van der Waals surface area contributed by atoms with Crippen molar-refractivity contribution in [3.8, 4) is 0 Å². The topological polar surface area (TPSA) is 12.0 Å². The van der Waals surface area contributed by atoms with Crippen molar-refractivity contribution >= 4 is 0 Å². The van der Waals surface area contributed by atoms with Gasteiger partial charge in [0, 0.05) is 5.54 Å². The molecule has 0 saturated carbocycles. The molecule has 0 bridgehead atoms.